The summed E-state index contributed by atoms with van der Waals surface area (Å²) in [7, 11) is 0. The Balaban J connectivity index is 1.04. The number of carbonyl (C=O) groups excluding carboxylic acids is 2. The number of rotatable bonds is 6. The first-order chi connectivity index (χ1) is 22.9. The second kappa shape index (κ2) is 12.1. The van der Waals surface area contributed by atoms with Gasteiger partial charge in [0.1, 0.15) is 17.8 Å². The van der Waals surface area contributed by atoms with Crippen molar-refractivity contribution in [2.45, 2.75) is 168 Å². The maximum atomic E-state index is 13.8. The van der Waals surface area contributed by atoms with Crippen molar-refractivity contribution < 1.29 is 38.4 Å². The van der Waals surface area contributed by atoms with Gasteiger partial charge >= 0.3 is 12.1 Å². The molecule has 2 spiro atoms. The molecule has 7 aliphatic rings. The minimum atomic E-state index is -0.937. The standard InChI is InChI=1S/C40H65NO8/c1-10-46-32(37(7,8)44)28-13-11-25-29(47-28)21-26-24-12-14-30-36(5,6)31(15-16-40(30)23-39(24,40)18-17-38(25,26)9)48-33(42)27-22-45-20-19-41(27)34(43)49-35(2,3)4/h24-32,44H,10-23H2,1-9H3. The Labute approximate surface area is 294 Å². The molecule has 0 aromatic heterocycles. The number of hydrogen-bond acceptors (Lipinski definition) is 8. The number of morpholine rings is 1. The van der Waals surface area contributed by atoms with E-state index >= 15 is 0 Å². The van der Waals surface area contributed by atoms with Crippen LogP contribution in [0, 0.1) is 45.3 Å². The lowest BCUT2D eigenvalue weighted by molar-refractivity contribution is -0.194. The molecular weight excluding hydrogens is 622 g/mol. The molecule has 0 aromatic rings. The van der Waals surface area contributed by atoms with Gasteiger partial charge in [0, 0.05) is 18.6 Å². The Morgan fingerprint density at radius 2 is 1.67 bits per heavy atom. The van der Waals surface area contributed by atoms with Crippen LogP contribution in [0.1, 0.15) is 127 Å². The number of esters is 1. The van der Waals surface area contributed by atoms with Crippen molar-refractivity contribution in [1.29, 1.82) is 0 Å². The van der Waals surface area contributed by atoms with E-state index in [1.807, 2.05) is 41.5 Å². The van der Waals surface area contributed by atoms with E-state index in [2.05, 4.69) is 20.8 Å². The molecule has 7 fully saturated rings. The van der Waals surface area contributed by atoms with Crippen LogP contribution in [-0.4, -0.2) is 90.1 Å². The first-order valence-electron chi connectivity index (χ1n) is 19.7. The van der Waals surface area contributed by atoms with E-state index in [9.17, 15) is 14.7 Å². The number of nitrogens with zero attached hydrogens (tertiary/aromatic N) is 1. The molecule has 9 heteroatoms. The lowest BCUT2D eigenvalue weighted by atomic mass is 9.46. The van der Waals surface area contributed by atoms with Crippen molar-refractivity contribution in [2.75, 3.05) is 26.4 Å². The Kier molecular flexibility index (Phi) is 8.85. The van der Waals surface area contributed by atoms with Crippen molar-refractivity contribution >= 4 is 12.1 Å². The molecule has 49 heavy (non-hydrogen) atoms. The van der Waals surface area contributed by atoms with Crippen molar-refractivity contribution in [2.24, 2.45) is 45.3 Å². The van der Waals surface area contributed by atoms with Gasteiger partial charge in [0.2, 0.25) is 0 Å². The number of carbonyl (C=O) groups is 2. The molecule has 7 rings (SSSR count). The van der Waals surface area contributed by atoms with Gasteiger partial charge < -0.3 is 28.8 Å². The molecule has 0 bridgehead atoms. The van der Waals surface area contributed by atoms with E-state index in [0.29, 0.717) is 53.8 Å². The first kappa shape index (κ1) is 36.0. The maximum absolute atomic E-state index is 13.8. The zero-order valence-corrected chi connectivity index (χ0v) is 31.8. The molecule has 5 saturated carbocycles. The van der Waals surface area contributed by atoms with Gasteiger partial charge in [0.15, 0.2) is 6.04 Å². The van der Waals surface area contributed by atoms with Gasteiger partial charge in [0.05, 0.1) is 31.0 Å². The zero-order chi connectivity index (χ0) is 35.4. The molecular formula is C40H65NO8. The van der Waals surface area contributed by atoms with Crippen LogP contribution in [0.4, 0.5) is 4.79 Å². The largest absolute Gasteiger partial charge is 0.460 e. The molecule has 1 amide bonds. The van der Waals surface area contributed by atoms with Gasteiger partial charge in [-0.3, -0.25) is 4.90 Å². The second-order valence-electron chi connectivity index (χ2n) is 19.5. The highest BCUT2D eigenvalue weighted by Gasteiger charge is 2.81. The molecule has 2 aliphatic heterocycles. The third kappa shape index (κ3) is 5.69. The van der Waals surface area contributed by atoms with Crippen LogP contribution in [0.5, 0.6) is 0 Å². The zero-order valence-electron chi connectivity index (χ0n) is 31.8. The predicted molar refractivity (Wildman–Crippen MR) is 185 cm³/mol. The highest BCUT2D eigenvalue weighted by Crippen LogP contribution is 2.87. The van der Waals surface area contributed by atoms with Gasteiger partial charge in [0.25, 0.3) is 0 Å². The summed E-state index contributed by atoms with van der Waals surface area (Å²) in [6.45, 7) is 19.9. The van der Waals surface area contributed by atoms with Crippen LogP contribution in [0.2, 0.25) is 0 Å². The van der Waals surface area contributed by atoms with E-state index in [-0.39, 0.29) is 42.4 Å². The van der Waals surface area contributed by atoms with Crippen LogP contribution in [-0.2, 0) is 28.5 Å². The fourth-order valence-electron chi connectivity index (χ4n) is 13.2. The summed E-state index contributed by atoms with van der Waals surface area (Å²) < 4.78 is 30.7. The van der Waals surface area contributed by atoms with Gasteiger partial charge in [-0.2, -0.15) is 0 Å². The summed E-state index contributed by atoms with van der Waals surface area (Å²) in [4.78, 5) is 28.3. The fourth-order valence-corrected chi connectivity index (χ4v) is 13.2. The summed E-state index contributed by atoms with van der Waals surface area (Å²) in [5.41, 5.74) is -0.700. The monoisotopic (exact) mass is 687 g/mol. The van der Waals surface area contributed by atoms with Crippen LogP contribution < -0.4 is 0 Å². The SMILES string of the molecule is CCOC(C1CCC2C(CC3C4CCC5C(C)(C)C(OC(=O)C6COCCN6C(=O)OC(C)(C)C)CCC56CC46CCC23C)O1)C(C)(C)O. The Bertz CT molecular complexity index is 1290. The minimum absolute atomic E-state index is 0.0582. The molecule has 12 unspecified atom stereocenters. The molecule has 278 valence electrons. The number of hydrogen-bond donors (Lipinski definition) is 1. The summed E-state index contributed by atoms with van der Waals surface area (Å²) in [6, 6.07) is -0.783. The fraction of sp³-hybridized carbons (Fsp3) is 0.950. The molecule has 5 aliphatic carbocycles. The highest BCUT2D eigenvalue weighted by molar-refractivity contribution is 5.82. The molecule has 2 saturated heterocycles. The predicted octanol–water partition coefficient (Wildman–Crippen LogP) is 6.92. The molecule has 0 radical (unpaired) electrons. The molecule has 1 N–H and O–H groups in total. The van der Waals surface area contributed by atoms with E-state index in [0.717, 1.165) is 38.0 Å². The lowest BCUT2D eigenvalue weighted by Crippen LogP contribution is -2.57. The van der Waals surface area contributed by atoms with Gasteiger partial charge in [-0.1, -0.05) is 20.8 Å². The smallest absolute Gasteiger partial charge is 0.411 e. The van der Waals surface area contributed by atoms with Crippen LogP contribution in [0.3, 0.4) is 0 Å². The third-order valence-electron chi connectivity index (χ3n) is 15.2. The van der Waals surface area contributed by atoms with Gasteiger partial charge in [-0.15, -0.1) is 0 Å². The first-order valence-corrected chi connectivity index (χ1v) is 19.7. The quantitative estimate of drug-likeness (QED) is 0.301. The summed E-state index contributed by atoms with van der Waals surface area (Å²) in [6.07, 6.45) is 10.8. The van der Waals surface area contributed by atoms with Crippen LogP contribution in [0.15, 0.2) is 0 Å². The lowest BCUT2D eigenvalue weighted by Gasteiger charge is -2.59. The van der Waals surface area contributed by atoms with Gasteiger partial charge in [-0.05, 0) is 146 Å². The molecule has 0 aromatic carbocycles. The van der Waals surface area contributed by atoms with Gasteiger partial charge in [-0.25, -0.2) is 9.59 Å². The number of fused-ring (bicyclic) bond motifs is 4. The van der Waals surface area contributed by atoms with E-state index < -0.39 is 23.3 Å². The number of aliphatic hydroxyl groups is 1. The minimum Gasteiger partial charge on any atom is -0.460 e. The summed E-state index contributed by atoms with van der Waals surface area (Å²) in [5, 5.41) is 10.9. The van der Waals surface area contributed by atoms with E-state index in [4.69, 9.17) is 23.7 Å². The number of ether oxygens (including phenoxy) is 5. The average molecular weight is 688 g/mol. The molecule has 2 heterocycles. The average Bonchev–Trinajstić information content (AvgIpc) is 3.59. The maximum Gasteiger partial charge on any atom is 0.411 e. The highest BCUT2D eigenvalue weighted by atomic mass is 16.6. The summed E-state index contributed by atoms with van der Waals surface area (Å²) in [5.74, 6) is 2.13. The Morgan fingerprint density at radius 1 is 0.939 bits per heavy atom. The van der Waals surface area contributed by atoms with Crippen LogP contribution >= 0.6 is 0 Å². The Morgan fingerprint density at radius 3 is 2.37 bits per heavy atom. The van der Waals surface area contributed by atoms with Crippen molar-refractivity contribution in [1.82, 2.24) is 4.90 Å². The van der Waals surface area contributed by atoms with Crippen molar-refractivity contribution in [3.63, 3.8) is 0 Å². The number of amides is 1. The van der Waals surface area contributed by atoms with Crippen LogP contribution in [0.25, 0.3) is 0 Å². The third-order valence-corrected chi connectivity index (χ3v) is 15.2. The van der Waals surface area contributed by atoms with Crippen molar-refractivity contribution in [3.05, 3.63) is 0 Å². The topological polar surface area (TPSA) is 104 Å². The molecule has 12 atom stereocenters. The normalized spacial score (nSPS) is 44.7. The van der Waals surface area contributed by atoms with E-state index in [1.165, 1.54) is 37.0 Å². The second-order valence-corrected chi connectivity index (χ2v) is 19.5. The summed E-state index contributed by atoms with van der Waals surface area (Å²) >= 11 is 0. The molecule has 9 nitrogen and oxygen atoms in total. The van der Waals surface area contributed by atoms with E-state index in [1.54, 1.807) is 0 Å². The Hall–Kier alpha value is -1.42. The van der Waals surface area contributed by atoms with Crippen molar-refractivity contribution in [3.8, 4) is 0 Å².